The standard InChI is InChI=1S/C21H18N2O3S/c1-11-9-14(6-7-15(11)22-19(24)16-3-2-8-27-16)23-20(25)17-12-4-5-13(10-12)18(17)21(23)26/h2-9,12-13,17-18H,10H2,1H3,(H,22,24)/t12-,13+,17-,18+. The number of nitrogens with zero attached hydrogens (tertiary/aromatic N) is 1. The van der Waals surface area contributed by atoms with E-state index < -0.39 is 0 Å². The van der Waals surface area contributed by atoms with Gasteiger partial charge >= 0.3 is 0 Å². The Morgan fingerprint density at radius 3 is 2.41 bits per heavy atom. The van der Waals surface area contributed by atoms with E-state index in [0.717, 1.165) is 12.0 Å². The number of allylic oxidation sites excluding steroid dienone is 2. The summed E-state index contributed by atoms with van der Waals surface area (Å²) in [6, 6.07) is 8.91. The highest BCUT2D eigenvalue weighted by Crippen LogP contribution is 2.53. The highest BCUT2D eigenvalue weighted by molar-refractivity contribution is 7.12. The van der Waals surface area contributed by atoms with Crippen molar-refractivity contribution in [2.45, 2.75) is 13.3 Å². The van der Waals surface area contributed by atoms with Gasteiger partial charge in [0, 0.05) is 5.69 Å². The molecule has 5 nitrogen and oxygen atoms in total. The molecule has 2 heterocycles. The Hall–Kier alpha value is -2.73. The molecule has 1 saturated carbocycles. The minimum Gasteiger partial charge on any atom is -0.321 e. The van der Waals surface area contributed by atoms with Crippen molar-refractivity contribution in [3.63, 3.8) is 0 Å². The summed E-state index contributed by atoms with van der Waals surface area (Å²) in [7, 11) is 0. The van der Waals surface area contributed by atoms with E-state index in [1.165, 1.54) is 16.2 Å². The maximum atomic E-state index is 12.9. The Labute approximate surface area is 160 Å². The molecule has 6 heteroatoms. The van der Waals surface area contributed by atoms with Gasteiger partial charge in [-0.15, -0.1) is 11.3 Å². The lowest BCUT2D eigenvalue weighted by molar-refractivity contribution is -0.123. The summed E-state index contributed by atoms with van der Waals surface area (Å²) in [6.07, 6.45) is 5.11. The monoisotopic (exact) mass is 378 g/mol. The average Bonchev–Trinajstić information content (AvgIpc) is 3.42. The quantitative estimate of drug-likeness (QED) is 0.655. The fourth-order valence-corrected chi connectivity index (χ4v) is 5.29. The van der Waals surface area contributed by atoms with Gasteiger partial charge < -0.3 is 5.32 Å². The molecule has 3 aliphatic rings. The zero-order chi connectivity index (χ0) is 18.7. The Bertz CT molecular complexity index is 965. The number of fused-ring (bicyclic) bond motifs is 5. The number of hydrogen-bond acceptors (Lipinski definition) is 4. The van der Waals surface area contributed by atoms with E-state index in [1.54, 1.807) is 24.3 Å². The molecule has 2 aliphatic carbocycles. The average molecular weight is 378 g/mol. The predicted octanol–water partition coefficient (Wildman–Crippen LogP) is 3.62. The van der Waals surface area contributed by atoms with Crippen molar-refractivity contribution in [2.24, 2.45) is 23.7 Å². The summed E-state index contributed by atoms with van der Waals surface area (Å²) in [5, 5.41) is 4.75. The molecule has 2 fully saturated rings. The highest BCUT2D eigenvalue weighted by atomic mass is 32.1. The van der Waals surface area contributed by atoms with Crippen molar-refractivity contribution in [2.75, 3.05) is 10.2 Å². The molecule has 1 aromatic heterocycles. The van der Waals surface area contributed by atoms with Crippen molar-refractivity contribution in [3.05, 3.63) is 58.3 Å². The number of carbonyl (C=O) groups excluding carboxylic acids is 3. The van der Waals surface area contributed by atoms with Crippen LogP contribution in [0, 0.1) is 30.6 Å². The van der Waals surface area contributed by atoms with Crippen LogP contribution in [-0.4, -0.2) is 17.7 Å². The van der Waals surface area contributed by atoms with Gasteiger partial charge in [-0.2, -0.15) is 0 Å². The molecule has 5 rings (SSSR count). The number of benzene rings is 1. The number of hydrogen-bond donors (Lipinski definition) is 1. The van der Waals surface area contributed by atoms with Crippen LogP contribution in [0.1, 0.15) is 21.7 Å². The smallest absolute Gasteiger partial charge is 0.265 e. The molecule has 4 atom stereocenters. The topological polar surface area (TPSA) is 66.5 Å². The number of carbonyl (C=O) groups is 3. The Balaban J connectivity index is 1.40. The molecular weight excluding hydrogens is 360 g/mol. The summed E-state index contributed by atoms with van der Waals surface area (Å²) in [5.41, 5.74) is 2.08. The highest BCUT2D eigenvalue weighted by Gasteiger charge is 2.59. The Kier molecular flexibility index (Phi) is 3.59. The number of aryl methyl sites for hydroxylation is 1. The lowest BCUT2D eigenvalue weighted by Crippen LogP contribution is -2.32. The van der Waals surface area contributed by atoms with E-state index in [4.69, 9.17) is 0 Å². The fourth-order valence-electron chi connectivity index (χ4n) is 4.68. The normalized spacial score (nSPS) is 28.1. The molecule has 3 amide bonds. The molecule has 1 saturated heterocycles. The van der Waals surface area contributed by atoms with Crippen LogP contribution >= 0.6 is 11.3 Å². The summed E-state index contributed by atoms with van der Waals surface area (Å²) in [5.74, 6) is -0.338. The van der Waals surface area contributed by atoms with Crippen molar-refractivity contribution >= 4 is 40.4 Å². The first-order valence-electron chi connectivity index (χ1n) is 9.06. The van der Waals surface area contributed by atoms with Gasteiger partial charge in [-0.25, -0.2) is 0 Å². The zero-order valence-corrected chi connectivity index (χ0v) is 15.5. The van der Waals surface area contributed by atoms with Crippen molar-refractivity contribution in [3.8, 4) is 0 Å². The molecule has 136 valence electrons. The maximum absolute atomic E-state index is 12.9. The lowest BCUT2D eigenvalue weighted by Gasteiger charge is -2.19. The number of imide groups is 1. The molecule has 1 aliphatic heterocycles. The van der Waals surface area contributed by atoms with E-state index in [9.17, 15) is 14.4 Å². The molecule has 0 unspecified atom stereocenters. The third-order valence-corrected chi connectivity index (χ3v) is 6.80. The van der Waals surface area contributed by atoms with Crippen LogP contribution in [0.25, 0.3) is 0 Å². The third-order valence-electron chi connectivity index (χ3n) is 5.93. The second-order valence-corrected chi connectivity index (χ2v) is 8.39. The predicted molar refractivity (Wildman–Crippen MR) is 104 cm³/mol. The lowest BCUT2D eigenvalue weighted by atomic mass is 9.85. The zero-order valence-electron chi connectivity index (χ0n) is 14.7. The summed E-state index contributed by atoms with van der Waals surface area (Å²) in [6.45, 7) is 1.87. The largest absolute Gasteiger partial charge is 0.321 e. The van der Waals surface area contributed by atoms with Gasteiger partial charge in [-0.05, 0) is 60.4 Å². The van der Waals surface area contributed by atoms with E-state index in [-0.39, 0.29) is 41.4 Å². The molecule has 2 aromatic rings. The summed E-state index contributed by atoms with van der Waals surface area (Å²) >= 11 is 1.38. The van der Waals surface area contributed by atoms with E-state index >= 15 is 0 Å². The minimum atomic E-state index is -0.203. The van der Waals surface area contributed by atoms with Crippen LogP contribution in [0.4, 0.5) is 11.4 Å². The first kappa shape index (κ1) is 16.4. The number of thiophene rings is 1. The van der Waals surface area contributed by atoms with Gasteiger partial charge in [0.2, 0.25) is 11.8 Å². The summed E-state index contributed by atoms with van der Waals surface area (Å²) in [4.78, 5) is 40.1. The van der Waals surface area contributed by atoms with Crippen LogP contribution in [0.2, 0.25) is 0 Å². The number of nitrogens with one attached hydrogen (secondary N) is 1. The minimum absolute atomic E-state index is 0.0865. The van der Waals surface area contributed by atoms with Crippen molar-refractivity contribution in [1.29, 1.82) is 0 Å². The first-order chi connectivity index (χ1) is 13.0. The van der Waals surface area contributed by atoms with Crippen LogP contribution in [0.15, 0.2) is 47.9 Å². The molecule has 0 radical (unpaired) electrons. The van der Waals surface area contributed by atoms with Crippen LogP contribution in [0.3, 0.4) is 0 Å². The Morgan fingerprint density at radius 1 is 1.11 bits per heavy atom. The van der Waals surface area contributed by atoms with Crippen LogP contribution in [0.5, 0.6) is 0 Å². The van der Waals surface area contributed by atoms with Gasteiger partial charge in [-0.1, -0.05) is 18.2 Å². The van der Waals surface area contributed by atoms with Crippen molar-refractivity contribution < 1.29 is 14.4 Å². The number of amides is 3. The Morgan fingerprint density at radius 2 is 1.81 bits per heavy atom. The van der Waals surface area contributed by atoms with Crippen LogP contribution in [-0.2, 0) is 9.59 Å². The maximum Gasteiger partial charge on any atom is 0.265 e. The van der Waals surface area contributed by atoms with Gasteiger partial charge in [0.1, 0.15) is 0 Å². The molecular formula is C21H18N2O3S. The number of anilines is 2. The number of rotatable bonds is 3. The van der Waals surface area contributed by atoms with Gasteiger partial charge in [0.05, 0.1) is 22.4 Å². The van der Waals surface area contributed by atoms with E-state index in [2.05, 4.69) is 17.5 Å². The molecule has 1 aromatic carbocycles. The third kappa shape index (κ3) is 2.40. The fraction of sp³-hybridized carbons (Fsp3) is 0.286. The van der Waals surface area contributed by atoms with Crippen LogP contribution < -0.4 is 10.2 Å². The SMILES string of the molecule is Cc1cc(N2C(=O)[C@@H]3[C@H](C2=O)[C@@H]2C=C[C@H]3C2)ccc1NC(=O)c1cccs1. The molecule has 1 N–H and O–H groups in total. The van der Waals surface area contributed by atoms with Gasteiger partial charge in [-0.3, -0.25) is 19.3 Å². The van der Waals surface area contributed by atoms with Crippen molar-refractivity contribution in [1.82, 2.24) is 0 Å². The van der Waals surface area contributed by atoms with Gasteiger partial charge in [0.15, 0.2) is 0 Å². The van der Waals surface area contributed by atoms with E-state index in [1.807, 2.05) is 18.4 Å². The van der Waals surface area contributed by atoms with Gasteiger partial charge in [0.25, 0.3) is 5.91 Å². The molecule has 2 bridgehead atoms. The summed E-state index contributed by atoms with van der Waals surface area (Å²) < 4.78 is 0. The van der Waals surface area contributed by atoms with E-state index in [0.29, 0.717) is 16.3 Å². The second-order valence-electron chi connectivity index (χ2n) is 7.44. The molecule has 0 spiro atoms. The first-order valence-corrected chi connectivity index (χ1v) is 9.94. The molecule has 27 heavy (non-hydrogen) atoms. The second kappa shape index (κ2) is 5.89.